The van der Waals surface area contributed by atoms with E-state index in [-0.39, 0.29) is 18.4 Å². The number of halogens is 1. The van der Waals surface area contributed by atoms with E-state index < -0.39 is 0 Å². The van der Waals surface area contributed by atoms with Crippen LogP contribution in [0.1, 0.15) is 26.3 Å². The van der Waals surface area contributed by atoms with Gasteiger partial charge >= 0.3 is 0 Å². The number of fused-ring (bicyclic) bond motifs is 1. The molecular weight excluding hydrogens is 367 g/mol. The van der Waals surface area contributed by atoms with Crippen LogP contribution in [0.3, 0.4) is 0 Å². The molecule has 0 atom stereocenters. The zero-order chi connectivity index (χ0) is 14.3. The van der Waals surface area contributed by atoms with Crippen molar-refractivity contribution in [3.8, 4) is 0 Å². The summed E-state index contributed by atoms with van der Waals surface area (Å²) in [5, 5.41) is 0. The van der Waals surface area contributed by atoms with Gasteiger partial charge in [0, 0.05) is 9.26 Å². The van der Waals surface area contributed by atoms with Crippen molar-refractivity contribution in [3.63, 3.8) is 0 Å². The van der Waals surface area contributed by atoms with E-state index in [9.17, 15) is 9.59 Å². The fourth-order valence-corrected chi connectivity index (χ4v) is 2.58. The number of nitrogen functional groups attached to an aromatic ring is 1. The van der Waals surface area contributed by atoms with Gasteiger partial charge in [-0.1, -0.05) is 12.1 Å². The molecule has 0 spiro atoms. The van der Waals surface area contributed by atoms with Gasteiger partial charge in [-0.25, -0.2) is 0 Å². The van der Waals surface area contributed by atoms with E-state index in [2.05, 4.69) is 22.6 Å². The molecule has 0 saturated heterocycles. The number of nitrogens with two attached hydrogens (primary N) is 1. The van der Waals surface area contributed by atoms with E-state index in [0.29, 0.717) is 16.8 Å². The number of benzene rings is 2. The fourth-order valence-electron chi connectivity index (χ4n) is 2.22. The van der Waals surface area contributed by atoms with Crippen molar-refractivity contribution in [1.29, 1.82) is 0 Å². The number of anilines is 1. The number of rotatable bonds is 2. The number of imide groups is 1. The Morgan fingerprint density at radius 1 is 0.950 bits per heavy atom. The van der Waals surface area contributed by atoms with Crippen molar-refractivity contribution in [2.24, 2.45) is 0 Å². The largest absolute Gasteiger partial charge is 0.399 e. The molecule has 2 aromatic rings. The number of hydrogen-bond donors (Lipinski definition) is 1. The molecule has 5 heteroatoms. The van der Waals surface area contributed by atoms with Crippen molar-refractivity contribution in [3.05, 3.63) is 62.7 Å². The maximum absolute atomic E-state index is 12.3. The molecule has 100 valence electrons. The Hall–Kier alpha value is -1.89. The van der Waals surface area contributed by atoms with Gasteiger partial charge in [-0.2, -0.15) is 0 Å². The summed E-state index contributed by atoms with van der Waals surface area (Å²) in [5.41, 5.74) is 7.90. The van der Waals surface area contributed by atoms with Crippen LogP contribution in [0.4, 0.5) is 5.69 Å². The first kappa shape index (κ1) is 13.1. The Bertz CT molecular complexity index is 710. The lowest BCUT2D eigenvalue weighted by Crippen LogP contribution is -2.29. The average Bonchev–Trinajstić information content (AvgIpc) is 2.66. The molecule has 0 saturated carbocycles. The van der Waals surface area contributed by atoms with Crippen molar-refractivity contribution < 1.29 is 9.59 Å². The first-order valence-electron chi connectivity index (χ1n) is 6.06. The van der Waals surface area contributed by atoms with Gasteiger partial charge in [0.1, 0.15) is 0 Å². The minimum absolute atomic E-state index is 0.261. The summed E-state index contributed by atoms with van der Waals surface area (Å²) >= 11 is 2.21. The summed E-state index contributed by atoms with van der Waals surface area (Å²) in [7, 11) is 0. The lowest BCUT2D eigenvalue weighted by atomic mass is 10.1. The highest BCUT2D eigenvalue weighted by molar-refractivity contribution is 14.1. The predicted molar refractivity (Wildman–Crippen MR) is 84.2 cm³/mol. The Kier molecular flexibility index (Phi) is 3.21. The summed E-state index contributed by atoms with van der Waals surface area (Å²) in [5.74, 6) is -0.542. The minimum atomic E-state index is -0.282. The molecule has 0 unspecified atom stereocenters. The number of amides is 2. The second-order valence-electron chi connectivity index (χ2n) is 4.63. The van der Waals surface area contributed by atoms with E-state index in [1.165, 1.54) is 4.90 Å². The van der Waals surface area contributed by atoms with Crippen molar-refractivity contribution in [2.45, 2.75) is 6.54 Å². The molecule has 4 nitrogen and oxygen atoms in total. The van der Waals surface area contributed by atoms with Crippen LogP contribution in [0, 0.1) is 3.57 Å². The van der Waals surface area contributed by atoms with Gasteiger partial charge in [-0.05, 0) is 58.5 Å². The first-order valence-corrected chi connectivity index (χ1v) is 7.14. The summed E-state index contributed by atoms with van der Waals surface area (Å²) in [6, 6.07) is 12.5. The maximum atomic E-state index is 12.3. The second kappa shape index (κ2) is 4.90. The lowest BCUT2D eigenvalue weighted by Gasteiger charge is -2.13. The maximum Gasteiger partial charge on any atom is 0.261 e. The van der Waals surface area contributed by atoms with Crippen LogP contribution < -0.4 is 5.73 Å². The third-order valence-electron chi connectivity index (χ3n) is 3.25. The molecular formula is C15H11IN2O2. The van der Waals surface area contributed by atoms with Crippen molar-refractivity contribution in [1.82, 2.24) is 4.90 Å². The highest BCUT2D eigenvalue weighted by atomic mass is 127. The van der Waals surface area contributed by atoms with Crippen LogP contribution in [0.2, 0.25) is 0 Å². The van der Waals surface area contributed by atoms with Gasteiger partial charge in [0.15, 0.2) is 0 Å². The molecule has 0 bridgehead atoms. The molecule has 20 heavy (non-hydrogen) atoms. The quantitative estimate of drug-likeness (QED) is 0.497. The smallest absolute Gasteiger partial charge is 0.261 e. The molecule has 2 N–H and O–H groups in total. The van der Waals surface area contributed by atoms with Crippen LogP contribution in [0.25, 0.3) is 0 Å². The Labute approximate surface area is 129 Å². The summed E-state index contributed by atoms with van der Waals surface area (Å²) in [4.78, 5) is 25.8. The van der Waals surface area contributed by atoms with Crippen LogP contribution in [-0.4, -0.2) is 16.7 Å². The molecule has 1 aliphatic rings. The molecule has 0 aromatic heterocycles. The summed E-state index contributed by atoms with van der Waals surface area (Å²) in [6.07, 6.45) is 0. The zero-order valence-electron chi connectivity index (χ0n) is 10.5. The highest BCUT2D eigenvalue weighted by Gasteiger charge is 2.35. The lowest BCUT2D eigenvalue weighted by molar-refractivity contribution is 0.0642. The molecule has 0 aliphatic carbocycles. The Morgan fingerprint density at radius 3 is 2.30 bits per heavy atom. The molecule has 2 aromatic carbocycles. The van der Waals surface area contributed by atoms with E-state index in [1.807, 2.05) is 24.3 Å². The molecule has 0 radical (unpaired) electrons. The third-order valence-corrected chi connectivity index (χ3v) is 3.97. The first-order chi connectivity index (χ1) is 9.56. The van der Waals surface area contributed by atoms with Crippen LogP contribution >= 0.6 is 22.6 Å². The summed E-state index contributed by atoms with van der Waals surface area (Å²) < 4.78 is 1.11. The molecule has 3 rings (SSSR count). The van der Waals surface area contributed by atoms with E-state index in [0.717, 1.165) is 9.13 Å². The Balaban J connectivity index is 1.91. The second-order valence-corrected chi connectivity index (χ2v) is 5.87. The number of carbonyl (C=O) groups is 2. The van der Waals surface area contributed by atoms with E-state index in [1.54, 1.807) is 18.2 Å². The average molecular weight is 378 g/mol. The fraction of sp³-hybridized carbons (Fsp3) is 0.0667. The standard InChI is InChI=1S/C15H11IN2O2/c16-10-3-1-9(2-4-10)8-18-14(19)12-6-5-11(17)7-13(12)15(18)20/h1-7H,8,17H2. The van der Waals surface area contributed by atoms with Crippen molar-refractivity contribution >= 4 is 40.1 Å². The van der Waals surface area contributed by atoms with Crippen LogP contribution in [0.15, 0.2) is 42.5 Å². The Morgan fingerprint density at radius 2 is 1.60 bits per heavy atom. The topological polar surface area (TPSA) is 63.4 Å². The number of hydrogen-bond acceptors (Lipinski definition) is 3. The minimum Gasteiger partial charge on any atom is -0.399 e. The normalized spacial score (nSPS) is 13.8. The summed E-state index contributed by atoms with van der Waals surface area (Å²) in [6.45, 7) is 0.281. The monoisotopic (exact) mass is 378 g/mol. The van der Waals surface area contributed by atoms with Crippen LogP contribution in [0.5, 0.6) is 0 Å². The third kappa shape index (κ3) is 2.18. The van der Waals surface area contributed by atoms with Gasteiger partial charge < -0.3 is 5.73 Å². The molecule has 0 fully saturated rings. The number of carbonyl (C=O) groups excluding carboxylic acids is 2. The van der Waals surface area contributed by atoms with Gasteiger partial charge in [-0.3, -0.25) is 14.5 Å². The van der Waals surface area contributed by atoms with Gasteiger partial charge in [-0.15, -0.1) is 0 Å². The van der Waals surface area contributed by atoms with E-state index >= 15 is 0 Å². The van der Waals surface area contributed by atoms with Gasteiger partial charge in [0.25, 0.3) is 11.8 Å². The highest BCUT2D eigenvalue weighted by Crippen LogP contribution is 2.26. The SMILES string of the molecule is Nc1ccc2c(c1)C(=O)N(Cc1ccc(I)cc1)C2=O. The van der Waals surface area contributed by atoms with Gasteiger partial charge in [0.2, 0.25) is 0 Å². The van der Waals surface area contributed by atoms with Crippen molar-refractivity contribution in [2.75, 3.05) is 5.73 Å². The molecule has 2 amide bonds. The molecule has 1 aliphatic heterocycles. The van der Waals surface area contributed by atoms with Gasteiger partial charge in [0.05, 0.1) is 17.7 Å². The zero-order valence-corrected chi connectivity index (χ0v) is 12.6. The predicted octanol–water partition coefficient (Wildman–Crippen LogP) is 2.67. The van der Waals surface area contributed by atoms with Crippen LogP contribution in [-0.2, 0) is 6.54 Å². The number of nitrogens with zero attached hydrogens (tertiary/aromatic N) is 1. The van der Waals surface area contributed by atoms with E-state index in [4.69, 9.17) is 5.73 Å². The molecule has 1 heterocycles.